The Bertz CT molecular complexity index is 943. The van der Waals surface area contributed by atoms with Gasteiger partial charge in [-0.2, -0.15) is 0 Å². The summed E-state index contributed by atoms with van der Waals surface area (Å²) in [6.07, 6.45) is 2.53. The van der Waals surface area contributed by atoms with Gasteiger partial charge in [0.15, 0.2) is 5.78 Å². The molecule has 0 unspecified atom stereocenters. The summed E-state index contributed by atoms with van der Waals surface area (Å²) in [5.41, 5.74) is 6.45. The topological polar surface area (TPSA) is 46.5 Å². The minimum Gasteiger partial charge on any atom is -0.508 e. The second-order valence-electron chi connectivity index (χ2n) is 8.21. The summed E-state index contributed by atoms with van der Waals surface area (Å²) < 4.78 is 5.85. The largest absolute Gasteiger partial charge is 0.508 e. The lowest BCUT2D eigenvalue weighted by molar-refractivity contribution is -0.130. The van der Waals surface area contributed by atoms with Gasteiger partial charge in [0.2, 0.25) is 0 Å². The van der Waals surface area contributed by atoms with Crippen molar-refractivity contribution in [1.82, 2.24) is 0 Å². The Hall–Kier alpha value is -2.39. The molecule has 1 saturated heterocycles. The third kappa shape index (κ3) is 2.89. The number of Topliss-reactive ketones (excluding diaryl/α,β-unsaturated/α-hetero) is 1. The van der Waals surface area contributed by atoms with E-state index in [1.807, 2.05) is 6.92 Å². The molecule has 28 heavy (non-hydrogen) atoms. The van der Waals surface area contributed by atoms with Crippen LogP contribution in [0.1, 0.15) is 55.9 Å². The van der Waals surface area contributed by atoms with E-state index in [1.54, 1.807) is 0 Å². The van der Waals surface area contributed by atoms with Gasteiger partial charge in [-0.15, -0.1) is 0 Å². The molecule has 1 fully saturated rings. The van der Waals surface area contributed by atoms with Gasteiger partial charge in [0.05, 0.1) is 5.57 Å². The van der Waals surface area contributed by atoms with Crippen molar-refractivity contribution in [2.75, 3.05) is 0 Å². The summed E-state index contributed by atoms with van der Waals surface area (Å²) in [6, 6.07) is 12.9. The smallest absolute Gasteiger partial charge is 0.195 e. The first kappa shape index (κ1) is 18.9. The highest BCUT2D eigenvalue weighted by Crippen LogP contribution is 2.46. The van der Waals surface area contributed by atoms with Crippen LogP contribution in [-0.4, -0.2) is 22.6 Å². The number of benzene rings is 2. The zero-order valence-corrected chi connectivity index (χ0v) is 17.1. The van der Waals surface area contributed by atoms with Gasteiger partial charge in [0.25, 0.3) is 0 Å². The molecule has 2 aliphatic rings. The maximum Gasteiger partial charge on any atom is 0.195 e. The lowest BCUT2D eigenvalue weighted by Gasteiger charge is -2.32. The van der Waals surface area contributed by atoms with Crippen LogP contribution in [0.3, 0.4) is 0 Å². The van der Waals surface area contributed by atoms with Crippen LogP contribution >= 0.6 is 0 Å². The standard InChI is InChI=1S/C25H28O3/c1-5-16-13-19(18-9-7-15(3)8-10-18)14-17(6-2)21(16)22-23(26)20-11-12-25(4,28-20)24(22)27/h7-10,13-14,20,27H,5-6,11-12H2,1-4H3/t20-,25-/m1/s1. The van der Waals surface area contributed by atoms with Gasteiger partial charge in [0, 0.05) is 0 Å². The molecule has 0 saturated carbocycles. The van der Waals surface area contributed by atoms with Gasteiger partial charge < -0.3 is 9.84 Å². The third-order valence-corrected chi connectivity index (χ3v) is 6.26. The van der Waals surface area contributed by atoms with Crippen LogP contribution in [0, 0.1) is 6.92 Å². The van der Waals surface area contributed by atoms with E-state index < -0.39 is 11.7 Å². The van der Waals surface area contributed by atoms with Crippen molar-refractivity contribution >= 4 is 11.4 Å². The van der Waals surface area contributed by atoms with Crippen LogP contribution in [0.2, 0.25) is 0 Å². The van der Waals surface area contributed by atoms with Crippen molar-refractivity contribution in [2.24, 2.45) is 0 Å². The van der Waals surface area contributed by atoms with E-state index in [1.165, 1.54) is 11.1 Å². The fraction of sp³-hybridized carbons (Fsp3) is 0.400. The lowest BCUT2D eigenvalue weighted by Crippen LogP contribution is -2.38. The summed E-state index contributed by atoms with van der Waals surface area (Å²) in [7, 11) is 0. The zero-order valence-electron chi connectivity index (χ0n) is 17.1. The highest BCUT2D eigenvalue weighted by atomic mass is 16.5. The fourth-order valence-corrected chi connectivity index (χ4v) is 4.54. The maximum atomic E-state index is 13.1. The average Bonchev–Trinajstić information content (AvgIpc) is 3.08. The fourth-order valence-electron chi connectivity index (χ4n) is 4.54. The summed E-state index contributed by atoms with van der Waals surface area (Å²) >= 11 is 0. The predicted octanol–water partition coefficient (Wildman–Crippen LogP) is 5.58. The SMILES string of the molecule is CCc1cc(-c2ccc(C)cc2)cc(CC)c1C1=C(O)[C@@]2(C)CC[C@@H](O2)C1=O. The van der Waals surface area contributed by atoms with Crippen LogP contribution in [-0.2, 0) is 22.4 Å². The van der Waals surface area contributed by atoms with E-state index in [4.69, 9.17) is 4.74 Å². The molecule has 2 aromatic carbocycles. The molecule has 0 aromatic heterocycles. The molecule has 0 aliphatic carbocycles. The van der Waals surface area contributed by atoms with Crippen LogP contribution in [0.4, 0.5) is 0 Å². The van der Waals surface area contributed by atoms with Crippen LogP contribution in [0.15, 0.2) is 42.2 Å². The van der Waals surface area contributed by atoms with E-state index in [0.717, 1.165) is 35.1 Å². The maximum absolute atomic E-state index is 13.1. The van der Waals surface area contributed by atoms with E-state index in [-0.39, 0.29) is 11.5 Å². The second kappa shape index (κ2) is 6.89. The Morgan fingerprint density at radius 1 is 1.07 bits per heavy atom. The molecule has 2 heterocycles. The van der Waals surface area contributed by atoms with Crippen molar-refractivity contribution in [2.45, 2.75) is 65.1 Å². The Balaban J connectivity index is 1.92. The Morgan fingerprint density at radius 2 is 1.68 bits per heavy atom. The predicted molar refractivity (Wildman–Crippen MR) is 112 cm³/mol. The number of fused-ring (bicyclic) bond motifs is 2. The molecule has 2 aromatic rings. The Morgan fingerprint density at radius 3 is 2.25 bits per heavy atom. The van der Waals surface area contributed by atoms with Gasteiger partial charge >= 0.3 is 0 Å². The Kier molecular flexibility index (Phi) is 4.67. The molecular formula is C25H28O3. The molecule has 146 valence electrons. The van der Waals surface area contributed by atoms with Crippen molar-refractivity contribution in [3.8, 4) is 11.1 Å². The number of aliphatic hydroxyl groups excluding tert-OH is 1. The molecule has 4 rings (SSSR count). The van der Waals surface area contributed by atoms with Crippen LogP contribution < -0.4 is 0 Å². The highest BCUT2D eigenvalue weighted by molar-refractivity contribution is 6.25. The molecule has 2 atom stereocenters. The molecule has 0 radical (unpaired) electrons. The molecule has 2 aliphatic heterocycles. The summed E-state index contributed by atoms with van der Waals surface area (Å²) in [5.74, 6) is 0.0405. The lowest BCUT2D eigenvalue weighted by atomic mass is 9.83. The van der Waals surface area contributed by atoms with Gasteiger partial charge in [-0.3, -0.25) is 4.79 Å². The van der Waals surface area contributed by atoms with Crippen molar-refractivity contribution < 1.29 is 14.6 Å². The molecule has 0 amide bonds. The molecule has 3 nitrogen and oxygen atoms in total. The Labute approximate surface area is 167 Å². The summed E-state index contributed by atoms with van der Waals surface area (Å²) in [6.45, 7) is 8.19. The molecule has 2 bridgehead atoms. The monoisotopic (exact) mass is 376 g/mol. The number of aryl methyl sites for hydroxylation is 3. The van der Waals surface area contributed by atoms with Gasteiger partial charge in [0.1, 0.15) is 17.5 Å². The first-order valence-corrected chi connectivity index (χ1v) is 10.3. The number of hydrogen-bond acceptors (Lipinski definition) is 3. The first-order chi connectivity index (χ1) is 13.4. The molecule has 0 spiro atoms. The number of ketones is 1. The molecular weight excluding hydrogens is 348 g/mol. The van der Waals surface area contributed by atoms with Gasteiger partial charge in [-0.1, -0.05) is 55.8 Å². The number of aliphatic hydroxyl groups is 1. The van der Waals surface area contributed by atoms with Crippen molar-refractivity contribution in [1.29, 1.82) is 0 Å². The van der Waals surface area contributed by atoms with Crippen molar-refractivity contribution in [3.63, 3.8) is 0 Å². The molecule has 3 heteroatoms. The van der Waals surface area contributed by atoms with E-state index in [9.17, 15) is 9.90 Å². The number of rotatable bonds is 4. The van der Waals surface area contributed by atoms with E-state index >= 15 is 0 Å². The van der Waals surface area contributed by atoms with Gasteiger partial charge in [-0.25, -0.2) is 0 Å². The van der Waals surface area contributed by atoms with E-state index in [2.05, 4.69) is 57.2 Å². The number of carbonyl (C=O) groups is 1. The number of ether oxygens (including phenoxy) is 1. The molecule has 1 N–H and O–H groups in total. The normalized spacial score (nSPS) is 24.1. The number of carbonyl (C=O) groups excluding carboxylic acids is 1. The number of hydrogen-bond donors (Lipinski definition) is 1. The summed E-state index contributed by atoms with van der Waals surface area (Å²) in [4.78, 5) is 13.1. The van der Waals surface area contributed by atoms with Crippen LogP contribution in [0.5, 0.6) is 0 Å². The highest BCUT2D eigenvalue weighted by Gasteiger charge is 2.50. The van der Waals surface area contributed by atoms with Gasteiger partial charge in [-0.05, 0) is 67.3 Å². The van der Waals surface area contributed by atoms with Crippen LogP contribution in [0.25, 0.3) is 16.7 Å². The minimum atomic E-state index is -0.737. The third-order valence-electron chi connectivity index (χ3n) is 6.26. The minimum absolute atomic E-state index is 0.0695. The zero-order chi connectivity index (χ0) is 20.1. The first-order valence-electron chi connectivity index (χ1n) is 10.3. The summed E-state index contributed by atoms with van der Waals surface area (Å²) in [5, 5.41) is 11.0. The second-order valence-corrected chi connectivity index (χ2v) is 8.21. The van der Waals surface area contributed by atoms with E-state index in [0.29, 0.717) is 18.4 Å². The average molecular weight is 376 g/mol. The van der Waals surface area contributed by atoms with Crippen molar-refractivity contribution in [3.05, 3.63) is 64.4 Å². The quantitative estimate of drug-likeness (QED) is 0.758.